The molecule has 0 aliphatic carbocycles. The van der Waals surface area contributed by atoms with Gasteiger partial charge in [0.15, 0.2) is 5.60 Å². The molecular weight excluding hydrogens is 400 g/mol. The molecule has 0 spiro atoms. The number of carboxylic acids is 1. The molecule has 0 saturated carbocycles. The van der Waals surface area contributed by atoms with Gasteiger partial charge in [0.05, 0.1) is 28.5 Å². The summed E-state index contributed by atoms with van der Waals surface area (Å²) in [5.74, 6) is -1.73. The first-order valence-corrected chi connectivity index (χ1v) is 10.2. The normalized spacial score (nSPS) is 21.4. The topological polar surface area (TPSA) is 119 Å². The van der Waals surface area contributed by atoms with Crippen LogP contribution in [-0.2, 0) is 26.5 Å². The average molecular weight is 420 g/mol. The average Bonchev–Trinajstić information content (AvgIpc) is 3.06. The van der Waals surface area contributed by atoms with Crippen LogP contribution in [-0.4, -0.2) is 31.7 Å². The van der Waals surface area contributed by atoms with Crippen LogP contribution in [0.25, 0.3) is 22.3 Å². The first kappa shape index (κ1) is 19.4. The Kier molecular flexibility index (Phi) is 4.23. The van der Waals surface area contributed by atoms with E-state index in [1.165, 1.54) is 4.57 Å². The molecule has 158 valence electrons. The highest BCUT2D eigenvalue weighted by Crippen LogP contribution is 2.44. The van der Waals surface area contributed by atoms with Gasteiger partial charge in [-0.25, -0.2) is 9.78 Å². The van der Waals surface area contributed by atoms with Gasteiger partial charge in [-0.15, -0.1) is 0 Å². The lowest BCUT2D eigenvalue weighted by atomic mass is 9.86. The number of cyclic esters (lactones) is 1. The molecule has 1 aromatic carbocycles. The fourth-order valence-corrected chi connectivity index (χ4v) is 4.64. The molecule has 0 fully saturated rings. The summed E-state index contributed by atoms with van der Waals surface area (Å²) in [7, 11) is 0. The van der Waals surface area contributed by atoms with Crippen molar-refractivity contribution in [2.45, 2.75) is 44.4 Å². The van der Waals surface area contributed by atoms with Crippen LogP contribution >= 0.6 is 0 Å². The molecule has 0 amide bonds. The summed E-state index contributed by atoms with van der Waals surface area (Å²) in [6, 6.07) is 10.6. The Morgan fingerprint density at radius 3 is 2.81 bits per heavy atom. The van der Waals surface area contributed by atoms with Crippen molar-refractivity contribution < 1.29 is 24.5 Å². The minimum atomic E-state index is -1.90. The van der Waals surface area contributed by atoms with Crippen LogP contribution in [0.15, 0.2) is 41.2 Å². The van der Waals surface area contributed by atoms with Crippen molar-refractivity contribution in [1.29, 1.82) is 0 Å². The van der Waals surface area contributed by atoms with Crippen LogP contribution in [0.1, 0.15) is 48.9 Å². The number of fused-ring (bicyclic) bond motifs is 5. The van der Waals surface area contributed by atoms with E-state index in [1.807, 2.05) is 30.3 Å². The highest BCUT2D eigenvalue weighted by atomic mass is 16.6. The summed E-state index contributed by atoms with van der Waals surface area (Å²) in [4.78, 5) is 41.9. The third-order valence-electron chi connectivity index (χ3n) is 6.28. The highest BCUT2D eigenvalue weighted by molar-refractivity contribution is 5.86. The van der Waals surface area contributed by atoms with Crippen LogP contribution < -0.4 is 5.56 Å². The maximum atomic E-state index is 13.5. The first-order valence-electron chi connectivity index (χ1n) is 10.2. The van der Waals surface area contributed by atoms with Gasteiger partial charge in [-0.1, -0.05) is 25.1 Å². The number of aromatic nitrogens is 2. The van der Waals surface area contributed by atoms with Crippen molar-refractivity contribution in [1.82, 2.24) is 9.55 Å². The van der Waals surface area contributed by atoms with Gasteiger partial charge in [0.25, 0.3) is 5.56 Å². The van der Waals surface area contributed by atoms with Crippen molar-refractivity contribution in [3.05, 3.63) is 63.4 Å². The number of carbonyl (C=O) groups excluding carboxylic acids is 1. The number of para-hydroxylation sites is 1. The summed E-state index contributed by atoms with van der Waals surface area (Å²) < 4.78 is 6.65. The molecule has 5 rings (SSSR count). The Bertz CT molecular complexity index is 1330. The zero-order valence-corrected chi connectivity index (χ0v) is 16.8. The molecule has 31 heavy (non-hydrogen) atoms. The SMILES string of the molecule is CC[C@@]1(O)C(=O)OCc2c1cc1n(c2=O)C(CCC(=O)O)c2cc3ccccc3nc2-1. The zero-order chi connectivity index (χ0) is 21.9. The minimum Gasteiger partial charge on any atom is -0.481 e. The lowest BCUT2D eigenvalue weighted by molar-refractivity contribution is -0.172. The standard InChI is InChI=1S/C23H20N2O6/c1-2-23(30)15-10-18-20-13(9-12-5-3-4-6-16(12)24-20)17(7-8-19(26)27)25(18)21(28)14(15)11-31-22(23)29/h3-6,9-10,17,30H,2,7-8,11H2,1H3,(H,26,27)/t17?,23-/m0/s1. The van der Waals surface area contributed by atoms with Gasteiger partial charge in [0.2, 0.25) is 0 Å². The number of aliphatic hydroxyl groups is 1. The Balaban J connectivity index is 1.81. The van der Waals surface area contributed by atoms with Gasteiger partial charge in [-0.2, -0.15) is 0 Å². The number of nitrogens with zero attached hydrogens (tertiary/aromatic N) is 2. The maximum absolute atomic E-state index is 13.5. The van der Waals surface area contributed by atoms with Gasteiger partial charge in [-0.3, -0.25) is 14.2 Å². The number of pyridine rings is 2. The quantitative estimate of drug-likeness (QED) is 0.623. The van der Waals surface area contributed by atoms with Gasteiger partial charge in [0, 0.05) is 22.9 Å². The third-order valence-corrected chi connectivity index (χ3v) is 6.28. The summed E-state index contributed by atoms with van der Waals surface area (Å²) in [6.45, 7) is 1.42. The Labute approximate surface area is 176 Å². The maximum Gasteiger partial charge on any atom is 0.343 e. The van der Waals surface area contributed by atoms with Crippen LogP contribution in [0.5, 0.6) is 0 Å². The third kappa shape index (κ3) is 2.71. The molecule has 4 heterocycles. The van der Waals surface area contributed by atoms with E-state index < -0.39 is 29.1 Å². The highest BCUT2D eigenvalue weighted by Gasteiger charge is 2.46. The van der Waals surface area contributed by atoms with Crippen molar-refractivity contribution in [2.24, 2.45) is 0 Å². The van der Waals surface area contributed by atoms with E-state index in [1.54, 1.807) is 13.0 Å². The molecule has 3 aromatic rings. The van der Waals surface area contributed by atoms with Gasteiger partial charge >= 0.3 is 11.9 Å². The van der Waals surface area contributed by atoms with E-state index in [0.717, 1.165) is 16.5 Å². The fraction of sp³-hybridized carbons (Fsp3) is 0.304. The smallest absolute Gasteiger partial charge is 0.343 e. The van der Waals surface area contributed by atoms with Crippen LogP contribution in [0, 0.1) is 0 Å². The first-order chi connectivity index (χ1) is 14.8. The molecule has 2 aromatic heterocycles. The minimum absolute atomic E-state index is 0.0577. The summed E-state index contributed by atoms with van der Waals surface area (Å²) in [6.07, 6.45) is 0.155. The zero-order valence-electron chi connectivity index (χ0n) is 16.8. The molecule has 0 saturated heterocycles. The predicted molar refractivity (Wildman–Crippen MR) is 110 cm³/mol. The number of carboxylic acid groups (broad SMARTS) is 1. The lowest BCUT2D eigenvalue weighted by Crippen LogP contribution is -2.44. The Hall–Kier alpha value is -3.52. The van der Waals surface area contributed by atoms with E-state index >= 15 is 0 Å². The van der Waals surface area contributed by atoms with Gasteiger partial charge < -0.3 is 14.9 Å². The number of ether oxygens (including phenoxy) is 1. The van der Waals surface area contributed by atoms with Gasteiger partial charge in [0.1, 0.15) is 6.61 Å². The predicted octanol–water partition coefficient (Wildman–Crippen LogP) is 2.49. The van der Waals surface area contributed by atoms with E-state index in [2.05, 4.69) is 0 Å². The molecule has 2 aliphatic heterocycles. The number of benzene rings is 1. The summed E-state index contributed by atoms with van der Waals surface area (Å²) in [5, 5.41) is 21.1. The van der Waals surface area contributed by atoms with Crippen LogP contribution in [0.4, 0.5) is 0 Å². The number of rotatable bonds is 4. The van der Waals surface area contributed by atoms with Crippen molar-refractivity contribution in [2.75, 3.05) is 0 Å². The van der Waals surface area contributed by atoms with Crippen molar-refractivity contribution in [3.63, 3.8) is 0 Å². The summed E-state index contributed by atoms with van der Waals surface area (Å²) >= 11 is 0. The molecule has 0 radical (unpaired) electrons. The summed E-state index contributed by atoms with van der Waals surface area (Å²) in [5.41, 5.74) is 0.678. The molecular formula is C23H20N2O6. The number of hydrogen-bond donors (Lipinski definition) is 2. The van der Waals surface area contributed by atoms with E-state index in [9.17, 15) is 24.6 Å². The fourth-order valence-electron chi connectivity index (χ4n) is 4.64. The molecule has 2 atom stereocenters. The van der Waals surface area contributed by atoms with E-state index in [4.69, 9.17) is 9.72 Å². The molecule has 2 aliphatic rings. The largest absolute Gasteiger partial charge is 0.481 e. The lowest BCUT2D eigenvalue weighted by Gasteiger charge is -2.32. The number of aliphatic carboxylic acids is 1. The van der Waals surface area contributed by atoms with Crippen LogP contribution in [0.3, 0.4) is 0 Å². The molecule has 8 heteroatoms. The second kappa shape index (κ2) is 6.75. The van der Waals surface area contributed by atoms with Gasteiger partial charge in [-0.05, 0) is 31.0 Å². The second-order valence-electron chi connectivity index (χ2n) is 7.95. The number of hydrogen-bond acceptors (Lipinski definition) is 6. The Morgan fingerprint density at radius 2 is 2.06 bits per heavy atom. The van der Waals surface area contributed by atoms with Crippen LogP contribution in [0.2, 0.25) is 0 Å². The second-order valence-corrected chi connectivity index (χ2v) is 7.95. The van der Waals surface area contributed by atoms with Crippen molar-refractivity contribution >= 4 is 22.8 Å². The van der Waals surface area contributed by atoms with Crippen molar-refractivity contribution in [3.8, 4) is 11.4 Å². The number of esters is 1. The number of carbonyl (C=O) groups is 2. The monoisotopic (exact) mass is 420 g/mol. The van der Waals surface area contributed by atoms with E-state index in [-0.39, 0.29) is 37.0 Å². The Morgan fingerprint density at radius 1 is 1.29 bits per heavy atom. The molecule has 0 bridgehead atoms. The molecule has 1 unspecified atom stereocenters. The molecule has 2 N–H and O–H groups in total. The van der Waals surface area contributed by atoms with E-state index in [0.29, 0.717) is 11.4 Å². The molecule has 8 nitrogen and oxygen atoms in total.